The van der Waals surface area contributed by atoms with Crippen LogP contribution in [0, 0.1) is 0 Å². The van der Waals surface area contributed by atoms with Crippen LogP contribution in [0.25, 0.3) is 5.65 Å². The minimum atomic E-state index is -0.490. The predicted molar refractivity (Wildman–Crippen MR) is 124 cm³/mol. The molecule has 2 aromatic carbocycles. The van der Waals surface area contributed by atoms with Gasteiger partial charge in [-0.15, -0.1) is 5.10 Å². The molecular formula is C23H22ClN5O4. The summed E-state index contributed by atoms with van der Waals surface area (Å²) in [6, 6.07) is 12.5. The Morgan fingerprint density at radius 1 is 1.18 bits per heavy atom. The average molecular weight is 468 g/mol. The molecule has 0 saturated heterocycles. The molecule has 10 heteroatoms. The van der Waals surface area contributed by atoms with E-state index < -0.39 is 11.6 Å². The topological polar surface area (TPSA) is 99.8 Å². The van der Waals surface area contributed by atoms with E-state index in [0.29, 0.717) is 28.1 Å². The van der Waals surface area contributed by atoms with Gasteiger partial charge in [0.1, 0.15) is 18.0 Å². The van der Waals surface area contributed by atoms with Crippen molar-refractivity contribution in [1.29, 1.82) is 0 Å². The SMILES string of the molecule is COc1ccc(NC(=O)Cn2nc3c(Oc4ccc(C(C)C)cc4)nccn3c2=O)cc1Cl. The third-order valence-electron chi connectivity index (χ3n) is 4.96. The van der Waals surface area contributed by atoms with Crippen molar-refractivity contribution >= 4 is 28.8 Å². The lowest BCUT2D eigenvalue weighted by Crippen LogP contribution is -2.28. The summed E-state index contributed by atoms with van der Waals surface area (Å²) in [6.07, 6.45) is 2.91. The van der Waals surface area contributed by atoms with Gasteiger partial charge < -0.3 is 14.8 Å². The number of carbonyl (C=O) groups excluding carboxylic acids is 1. The summed E-state index contributed by atoms with van der Waals surface area (Å²) < 4.78 is 13.3. The summed E-state index contributed by atoms with van der Waals surface area (Å²) in [5.41, 5.74) is 1.36. The van der Waals surface area contributed by atoms with Crippen molar-refractivity contribution in [2.45, 2.75) is 26.3 Å². The lowest BCUT2D eigenvalue weighted by Gasteiger charge is -2.08. The van der Waals surface area contributed by atoms with E-state index in [1.165, 1.54) is 29.5 Å². The van der Waals surface area contributed by atoms with Crippen LogP contribution >= 0.6 is 11.6 Å². The molecule has 0 radical (unpaired) electrons. The minimum absolute atomic E-state index is 0.160. The van der Waals surface area contributed by atoms with Crippen LogP contribution in [0.5, 0.6) is 17.4 Å². The second-order valence-electron chi connectivity index (χ2n) is 7.59. The van der Waals surface area contributed by atoms with E-state index in [9.17, 15) is 9.59 Å². The zero-order valence-corrected chi connectivity index (χ0v) is 19.0. The van der Waals surface area contributed by atoms with Crippen LogP contribution in [0.4, 0.5) is 5.69 Å². The molecule has 1 N–H and O–H groups in total. The zero-order valence-electron chi connectivity index (χ0n) is 18.3. The Bertz CT molecular complexity index is 1360. The van der Waals surface area contributed by atoms with Crippen molar-refractivity contribution in [2.75, 3.05) is 12.4 Å². The van der Waals surface area contributed by atoms with E-state index in [2.05, 4.69) is 29.2 Å². The molecule has 4 aromatic rings. The molecular weight excluding hydrogens is 446 g/mol. The number of benzene rings is 2. The number of ether oxygens (including phenoxy) is 2. The van der Waals surface area contributed by atoms with Crippen molar-refractivity contribution in [1.82, 2.24) is 19.2 Å². The maximum absolute atomic E-state index is 12.7. The maximum Gasteiger partial charge on any atom is 0.351 e. The van der Waals surface area contributed by atoms with E-state index in [4.69, 9.17) is 21.1 Å². The highest BCUT2D eigenvalue weighted by atomic mass is 35.5. The summed E-state index contributed by atoms with van der Waals surface area (Å²) in [6.45, 7) is 3.92. The lowest BCUT2D eigenvalue weighted by molar-refractivity contribution is -0.117. The van der Waals surface area contributed by atoms with Crippen molar-refractivity contribution in [3.8, 4) is 17.4 Å². The number of amides is 1. The monoisotopic (exact) mass is 467 g/mol. The number of hydrogen-bond acceptors (Lipinski definition) is 6. The number of hydrogen-bond donors (Lipinski definition) is 1. The highest BCUT2D eigenvalue weighted by molar-refractivity contribution is 6.32. The number of carbonyl (C=O) groups is 1. The quantitative estimate of drug-likeness (QED) is 0.439. The highest BCUT2D eigenvalue weighted by Crippen LogP contribution is 2.27. The third kappa shape index (κ3) is 4.83. The molecule has 0 aliphatic carbocycles. The number of anilines is 1. The van der Waals surface area contributed by atoms with Crippen LogP contribution in [-0.2, 0) is 11.3 Å². The molecule has 0 bridgehead atoms. The molecule has 0 unspecified atom stereocenters. The Kier molecular flexibility index (Phi) is 6.32. The van der Waals surface area contributed by atoms with Crippen LogP contribution in [-0.4, -0.2) is 32.2 Å². The number of nitrogens with zero attached hydrogens (tertiary/aromatic N) is 4. The molecule has 33 heavy (non-hydrogen) atoms. The first-order valence-electron chi connectivity index (χ1n) is 10.2. The smallest absolute Gasteiger partial charge is 0.351 e. The molecule has 1 amide bonds. The minimum Gasteiger partial charge on any atom is -0.495 e. The molecule has 4 rings (SSSR count). The van der Waals surface area contributed by atoms with Crippen LogP contribution in [0.15, 0.2) is 59.7 Å². The number of aromatic nitrogens is 4. The Morgan fingerprint density at radius 3 is 2.61 bits per heavy atom. The van der Waals surface area contributed by atoms with Crippen LogP contribution in [0.3, 0.4) is 0 Å². The van der Waals surface area contributed by atoms with Crippen LogP contribution in [0.2, 0.25) is 5.02 Å². The molecule has 9 nitrogen and oxygen atoms in total. The van der Waals surface area contributed by atoms with Gasteiger partial charge >= 0.3 is 5.69 Å². The number of fused-ring (bicyclic) bond motifs is 1. The normalized spacial score (nSPS) is 11.1. The fourth-order valence-corrected chi connectivity index (χ4v) is 3.47. The van der Waals surface area contributed by atoms with Crippen molar-refractivity contribution in [3.05, 3.63) is 75.9 Å². The van der Waals surface area contributed by atoms with Crippen molar-refractivity contribution in [3.63, 3.8) is 0 Å². The van der Waals surface area contributed by atoms with Gasteiger partial charge in [0.15, 0.2) is 0 Å². The number of halogens is 1. The van der Waals surface area contributed by atoms with Gasteiger partial charge in [-0.25, -0.2) is 18.9 Å². The van der Waals surface area contributed by atoms with E-state index in [0.717, 1.165) is 4.68 Å². The second-order valence-corrected chi connectivity index (χ2v) is 8.00. The Balaban J connectivity index is 1.54. The van der Waals surface area contributed by atoms with Gasteiger partial charge in [-0.05, 0) is 41.8 Å². The standard InChI is InChI=1S/C23H22ClN5O4/c1-14(2)15-4-7-17(8-5-15)33-22-21-27-29(23(31)28(21)11-10-25-22)13-20(30)26-16-6-9-19(32-3)18(24)12-16/h4-12,14H,13H2,1-3H3,(H,26,30). The van der Waals surface area contributed by atoms with E-state index in [-0.39, 0.29) is 18.1 Å². The summed E-state index contributed by atoms with van der Waals surface area (Å²) >= 11 is 6.09. The third-order valence-corrected chi connectivity index (χ3v) is 5.25. The van der Waals surface area contributed by atoms with E-state index >= 15 is 0 Å². The summed E-state index contributed by atoms with van der Waals surface area (Å²) in [7, 11) is 1.50. The molecule has 2 aromatic heterocycles. The summed E-state index contributed by atoms with van der Waals surface area (Å²) in [5.74, 6) is 1.17. The maximum atomic E-state index is 12.7. The van der Waals surface area contributed by atoms with Gasteiger partial charge in [-0.1, -0.05) is 37.6 Å². The van der Waals surface area contributed by atoms with Crippen molar-refractivity contribution in [2.24, 2.45) is 0 Å². The molecule has 170 valence electrons. The lowest BCUT2D eigenvalue weighted by atomic mass is 10.0. The summed E-state index contributed by atoms with van der Waals surface area (Å²) in [5, 5.41) is 7.30. The average Bonchev–Trinajstić information content (AvgIpc) is 3.10. The Hall–Kier alpha value is -3.85. The molecule has 0 spiro atoms. The molecule has 0 aliphatic rings. The van der Waals surface area contributed by atoms with Crippen molar-refractivity contribution < 1.29 is 14.3 Å². The fraction of sp³-hybridized carbons (Fsp3) is 0.217. The van der Waals surface area contributed by atoms with Gasteiger partial charge in [0.2, 0.25) is 11.6 Å². The predicted octanol–water partition coefficient (Wildman–Crippen LogP) is 4.11. The van der Waals surface area contributed by atoms with Gasteiger partial charge in [0.25, 0.3) is 5.88 Å². The van der Waals surface area contributed by atoms with Crippen LogP contribution in [0.1, 0.15) is 25.3 Å². The molecule has 0 saturated carbocycles. The molecule has 0 atom stereocenters. The largest absolute Gasteiger partial charge is 0.495 e. The summed E-state index contributed by atoms with van der Waals surface area (Å²) in [4.78, 5) is 29.4. The number of methoxy groups -OCH3 is 1. The van der Waals surface area contributed by atoms with Crippen LogP contribution < -0.4 is 20.5 Å². The Morgan fingerprint density at radius 2 is 1.94 bits per heavy atom. The molecule has 2 heterocycles. The highest BCUT2D eigenvalue weighted by Gasteiger charge is 2.16. The van der Waals surface area contributed by atoms with Gasteiger partial charge in [-0.3, -0.25) is 4.79 Å². The number of rotatable bonds is 7. The Labute approximate surface area is 194 Å². The van der Waals surface area contributed by atoms with Gasteiger partial charge in [0, 0.05) is 18.1 Å². The molecule has 0 aliphatic heterocycles. The number of nitrogens with one attached hydrogen (secondary N) is 1. The van der Waals surface area contributed by atoms with Gasteiger partial charge in [-0.2, -0.15) is 0 Å². The zero-order chi connectivity index (χ0) is 23.5. The first-order chi connectivity index (χ1) is 15.9. The fourth-order valence-electron chi connectivity index (χ4n) is 3.21. The first-order valence-corrected chi connectivity index (χ1v) is 10.6. The molecule has 0 fully saturated rings. The second kappa shape index (κ2) is 9.33. The van der Waals surface area contributed by atoms with Gasteiger partial charge in [0.05, 0.1) is 12.1 Å². The van der Waals surface area contributed by atoms with E-state index in [1.807, 2.05) is 24.3 Å². The first kappa shape index (κ1) is 22.3. The van der Waals surface area contributed by atoms with E-state index in [1.54, 1.807) is 18.2 Å².